The fourth-order valence-electron chi connectivity index (χ4n) is 2.63. The molecule has 2 aliphatic heterocycles. The molecule has 0 bridgehead atoms. The van der Waals surface area contributed by atoms with E-state index in [1.807, 2.05) is 0 Å². The lowest BCUT2D eigenvalue weighted by atomic mass is 9.95. The van der Waals surface area contributed by atoms with E-state index in [1.165, 1.54) is 0 Å². The van der Waals surface area contributed by atoms with Gasteiger partial charge in [0, 0.05) is 18.7 Å². The maximum atomic E-state index is 12.2. The first-order valence-electron chi connectivity index (χ1n) is 5.34. The molecule has 82 valence electrons. The topological polar surface area (TPSA) is 32.7 Å². The molecule has 2 unspecified atom stereocenters. The third-order valence-corrected chi connectivity index (χ3v) is 3.43. The third kappa shape index (κ3) is 1.78. The highest BCUT2D eigenvalue weighted by molar-refractivity contribution is 4.98. The molecule has 1 N–H and O–H groups in total. The van der Waals surface area contributed by atoms with Gasteiger partial charge in [0.2, 0.25) is 0 Å². The van der Waals surface area contributed by atoms with Gasteiger partial charge in [0.25, 0.3) is 0 Å². The Labute approximate surface area is 83.8 Å². The Morgan fingerprint density at radius 2 is 2.36 bits per heavy atom. The van der Waals surface area contributed by atoms with Crippen molar-refractivity contribution in [1.82, 2.24) is 4.90 Å². The number of halogens is 1. The summed E-state index contributed by atoms with van der Waals surface area (Å²) in [4.78, 5) is 2.21. The maximum absolute atomic E-state index is 12.2. The summed E-state index contributed by atoms with van der Waals surface area (Å²) in [6, 6.07) is 0. The van der Waals surface area contributed by atoms with E-state index in [4.69, 9.17) is 4.74 Å². The van der Waals surface area contributed by atoms with Crippen LogP contribution >= 0.6 is 0 Å². The van der Waals surface area contributed by atoms with Gasteiger partial charge < -0.3 is 9.84 Å². The van der Waals surface area contributed by atoms with Crippen LogP contribution in [0.2, 0.25) is 0 Å². The molecule has 2 saturated heterocycles. The smallest absolute Gasteiger partial charge is 0.117 e. The van der Waals surface area contributed by atoms with Crippen LogP contribution in [0.3, 0.4) is 0 Å². The minimum absolute atomic E-state index is 0.121. The normalized spacial score (nSPS) is 35.6. The van der Waals surface area contributed by atoms with Crippen molar-refractivity contribution < 1.29 is 14.2 Å². The lowest BCUT2D eigenvalue weighted by Gasteiger charge is -2.34. The van der Waals surface area contributed by atoms with Gasteiger partial charge in [-0.15, -0.1) is 0 Å². The van der Waals surface area contributed by atoms with E-state index in [1.54, 1.807) is 0 Å². The van der Waals surface area contributed by atoms with Crippen molar-refractivity contribution in [2.24, 2.45) is 0 Å². The number of rotatable bonds is 3. The van der Waals surface area contributed by atoms with Gasteiger partial charge in [0.1, 0.15) is 6.67 Å². The van der Waals surface area contributed by atoms with Crippen molar-refractivity contribution in [2.75, 3.05) is 33.0 Å². The van der Waals surface area contributed by atoms with E-state index in [0.717, 1.165) is 39.0 Å². The fraction of sp³-hybridized carbons (Fsp3) is 1.00. The van der Waals surface area contributed by atoms with Crippen molar-refractivity contribution >= 4 is 0 Å². The van der Waals surface area contributed by atoms with Crippen LogP contribution in [-0.2, 0) is 4.74 Å². The van der Waals surface area contributed by atoms with Crippen LogP contribution in [0.5, 0.6) is 0 Å². The first-order valence-corrected chi connectivity index (χ1v) is 5.34. The molecule has 0 aromatic heterocycles. The van der Waals surface area contributed by atoms with Gasteiger partial charge in [-0.05, 0) is 25.8 Å². The summed E-state index contributed by atoms with van der Waals surface area (Å²) in [5.41, 5.74) is 0.121. The molecule has 0 aliphatic carbocycles. The standard InChI is InChI=1S/C10H18FNO2/c11-6-9(13)7-12-4-1-2-10(12)3-5-14-8-10/h9,13H,1-8H2. The molecular formula is C10H18FNO2. The van der Waals surface area contributed by atoms with E-state index < -0.39 is 12.8 Å². The highest BCUT2D eigenvalue weighted by atomic mass is 19.1. The van der Waals surface area contributed by atoms with Gasteiger partial charge in [-0.25, -0.2) is 4.39 Å². The summed E-state index contributed by atoms with van der Waals surface area (Å²) < 4.78 is 17.6. The Morgan fingerprint density at radius 1 is 1.50 bits per heavy atom. The Bertz CT molecular complexity index is 189. The number of likely N-dealkylation sites (tertiary alicyclic amines) is 1. The number of nitrogens with zero attached hydrogens (tertiary/aromatic N) is 1. The molecule has 3 nitrogen and oxygen atoms in total. The van der Waals surface area contributed by atoms with Gasteiger partial charge in [-0.3, -0.25) is 4.90 Å². The van der Waals surface area contributed by atoms with E-state index in [0.29, 0.717) is 6.54 Å². The lowest BCUT2D eigenvalue weighted by molar-refractivity contribution is 0.0413. The fourth-order valence-corrected chi connectivity index (χ4v) is 2.63. The Kier molecular flexibility index (Phi) is 3.04. The molecule has 2 rings (SSSR count). The summed E-state index contributed by atoms with van der Waals surface area (Å²) in [7, 11) is 0. The number of aliphatic hydroxyl groups is 1. The Balaban J connectivity index is 1.96. The van der Waals surface area contributed by atoms with Crippen LogP contribution in [0.15, 0.2) is 0 Å². The number of hydrogen-bond donors (Lipinski definition) is 1. The second-order valence-electron chi connectivity index (χ2n) is 4.38. The highest BCUT2D eigenvalue weighted by Crippen LogP contribution is 2.36. The van der Waals surface area contributed by atoms with Crippen LogP contribution in [0.4, 0.5) is 4.39 Å². The zero-order valence-electron chi connectivity index (χ0n) is 8.41. The monoisotopic (exact) mass is 203 g/mol. The van der Waals surface area contributed by atoms with E-state index in [-0.39, 0.29) is 5.54 Å². The summed E-state index contributed by atoms with van der Waals surface area (Å²) >= 11 is 0. The SMILES string of the molecule is OC(CF)CN1CCCC12CCOC2. The minimum Gasteiger partial charge on any atom is -0.389 e. The van der Waals surface area contributed by atoms with Gasteiger partial charge in [0.15, 0.2) is 0 Å². The van der Waals surface area contributed by atoms with Gasteiger partial charge in [-0.2, -0.15) is 0 Å². The molecule has 0 aromatic rings. The molecule has 0 saturated carbocycles. The molecule has 14 heavy (non-hydrogen) atoms. The van der Waals surface area contributed by atoms with E-state index in [2.05, 4.69) is 4.90 Å². The minimum atomic E-state index is -0.828. The predicted molar refractivity (Wildman–Crippen MR) is 51.0 cm³/mol. The van der Waals surface area contributed by atoms with Gasteiger partial charge in [0.05, 0.1) is 12.7 Å². The predicted octanol–water partition coefficient (Wildman–Crippen LogP) is 0.572. The second kappa shape index (κ2) is 4.13. The average molecular weight is 203 g/mol. The molecule has 2 heterocycles. The largest absolute Gasteiger partial charge is 0.389 e. The average Bonchev–Trinajstić information content (AvgIpc) is 2.79. The molecule has 1 spiro atoms. The quantitative estimate of drug-likeness (QED) is 0.728. The maximum Gasteiger partial charge on any atom is 0.117 e. The van der Waals surface area contributed by atoms with Crippen molar-refractivity contribution in [3.8, 4) is 0 Å². The molecule has 2 atom stereocenters. The van der Waals surface area contributed by atoms with Gasteiger partial charge in [-0.1, -0.05) is 0 Å². The number of aliphatic hydroxyl groups excluding tert-OH is 1. The zero-order chi connectivity index (χ0) is 10.0. The summed E-state index contributed by atoms with van der Waals surface area (Å²) in [6.07, 6.45) is 2.48. The number of alkyl halides is 1. The third-order valence-electron chi connectivity index (χ3n) is 3.43. The number of ether oxygens (including phenoxy) is 1. The van der Waals surface area contributed by atoms with Crippen LogP contribution < -0.4 is 0 Å². The first kappa shape index (κ1) is 10.3. The van der Waals surface area contributed by atoms with Crippen LogP contribution in [0.1, 0.15) is 19.3 Å². The van der Waals surface area contributed by atoms with Crippen molar-refractivity contribution in [2.45, 2.75) is 30.9 Å². The number of hydrogen-bond acceptors (Lipinski definition) is 3. The van der Waals surface area contributed by atoms with Crippen LogP contribution in [-0.4, -0.2) is 54.6 Å². The Morgan fingerprint density at radius 3 is 3.00 bits per heavy atom. The van der Waals surface area contributed by atoms with Crippen molar-refractivity contribution in [3.05, 3.63) is 0 Å². The number of β-amino-alcohol motifs (C(OH)–C–C–N with tert-alkyl or cyclic N) is 1. The zero-order valence-corrected chi connectivity index (χ0v) is 8.41. The molecule has 4 heteroatoms. The van der Waals surface area contributed by atoms with E-state index in [9.17, 15) is 9.50 Å². The molecule has 0 radical (unpaired) electrons. The van der Waals surface area contributed by atoms with Crippen molar-refractivity contribution in [1.29, 1.82) is 0 Å². The molecule has 2 aliphatic rings. The molecule has 2 fully saturated rings. The summed E-state index contributed by atoms with van der Waals surface area (Å²) in [5.74, 6) is 0. The van der Waals surface area contributed by atoms with Crippen LogP contribution in [0, 0.1) is 0 Å². The Hall–Kier alpha value is -0.190. The van der Waals surface area contributed by atoms with E-state index >= 15 is 0 Å². The lowest BCUT2D eigenvalue weighted by Crippen LogP contribution is -2.48. The first-order chi connectivity index (χ1) is 6.77. The van der Waals surface area contributed by atoms with Crippen molar-refractivity contribution in [3.63, 3.8) is 0 Å². The summed E-state index contributed by atoms with van der Waals surface area (Å²) in [5, 5.41) is 9.30. The molecule has 0 amide bonds. The molecule has 0 aromatic carbocycles. The second-order valence-corrected chi connectivity index (χ2v) is 4.38. The summed E-state index contributed by atoms with van der Waals surface area (Å²) in [6.45, 7) is 2.35. The van der Waals surface area contributed by atoms with Gasteiger partial charge >= 0.3 is 0 Å². The van der Waals surface area contributed by atoms with Crippen LogP contribution in [0.25, 0.3) is 0 Å². The highest BCUT2D eigenvalue weighted by Gasteiger charge is 2.44. The molecular weight excluding hydrogens is 185 g/mol.